The maximum atomic E-state index is 12.7. The van der Waals surface area contributed by atoms with Crippen LogP contribution in [-0.2, 0) is 4.79 Å². The highest BCUT2D eigenvalue weighted by molar-refractivity contribution is 9.10. The van der Waals surface area contributed by atoms with E-state index in [0.29, 0.717) is 0 Å². The quantitative estimate of drug-likeness (QED) is 0.604. The number of carbonyl (C=O) groups excluding carboxylic acids is 1. The average molecular weight is 398 g/mol. The first kappa shape index (κ1) is 17.5. The van der Waals surface area contributed by atoms with Gasteiger partial charge in [-0.1, -0.05) is 66.2 Å². The summed E-state index contributed by atoms with van der Waals surface area (Å²) in [7, 11) is 0. The summed E-state index contributed by atoms with van der Waals surface area (Å²) in [5.41, 5.74) is 0.750. The average Bonchev–Trinajstić information content (AvgIpc) is 2.61. The molecule has 0 radical (unpaired) electrons. The van der Waals surface area contributed by atoms with Crippen LogP contribution in [0, 0.1) is 5.92 Å². The summed E-state index contributed by atoms with van der Waals surface area (Å²) in [5.74, 6) is 0.613. The fourth-order valence-electron chi connectivity index (χ4n) is 2.67. The number of ether oxygens (including phenoxy) is 1. The number of anilines is 1. The summed E-state index contributed by atoms with van der Waals surface area (Å²) in [6, 6.07) is 21.4. The Morgan fingerprint density at radius 2 is 1.64 bits per heavy atom. The lowest BCUT2D eigenvalue weighted by Crippen LogP contribution is -2.37. The standard InChI is InChI=1S/C21H20BrNO2/c1-14(2)20(21(24)23-17-12-10-16(22)11-13-17)25-19-9-5-7-15-6-3-4-8-18(15)19/h3-14,20H,1-2H3,(H,23,24). The van der Waals surface area contributed by atoms with Gasteiger partial charge in [-0.25, -0.2) is 0 Å². The number of hydrogen-bond acceptors (Lipinski definition) is 2. The molecule has 3 nitrogen and oxygen atoms in total. The molecule has 0 aromatic heterocycles. The van der Waals surface area contributed by atoms with Gasteiger partial charge in [0, 0.05) is 15.5 Å². The van der Waals surface area contributed by atoms with E-state index in [1.165, 1.54) is 0 Å². The van der Waals surface area contributed by atoms with Gasteiger partial charge in [-0.05, 0) is 41.6 Å². The summed E-state index contributed by atoms with van der Waals surface area (Å²) >= 11 is 3.39. The first-order chi connectivity index (χ1) is 12.0. The van der Waals surface area contributed by atoms with Gasteiger partial charge >= 0.3 is 0 Å². The van der Waals surface area contributed by atoms with Crippen LogP contribution >= 0.6 is 15.9 Å². The van der Waals surface area contributed by atoms with Crippen LogP contribution in [0.1, 0.15) is 13.8 Å². The first-order valence-corrected chi connectivity index (χ1v) is 9.05. The van der Waals surface area contributed by atoms with Gasteiger partial charge in [0.05, 0.1) is 0 Å². The predicted molar refractivity (Wildman–Crippen MR) is 106 cm³/mol. The molecule has 3 aromatic carbocycles. The van der Waals surface area contributed by atoms with Crippen molar-refractivity contribution in [1.82, 2.24) is 0 Å². The van der Waals surface area contributed by atoms with E-state index < -0.39 is 6.10 Å². The van der Waals surface area contributed by atoms with Gasteiger partial charge < -0.3 is 10.1 Å². The van der Waals surface area contributed by atoms with Crippen LogP contribution in [0.5, 0.6) is 5.75 Å². The van der Waals surface area contributed by atoms with Crippen molar-refractivity contribution in [3.05, 3.63) is 71.2 Å². The van der Waals surface area contributed by atoms with Gasteiger partial charge in [0.15, 0.2) is 6.10 Å². The van der Waals surface area contributed by atoms with E-state index in [-0.39, 0.29) is 11.8 Å². The lowest BCUT2D eigenvalue weighted by atomic mass is 10.1. The number of benzene rings is 3. The zero-order chi connectivity index (χ0) is 17.8. The van der Waals surface area contributed by atoms with E-state index in [9.17, 15) is 4.79 Å². The van der Waals surface area contributed by atoms with Crippen LogP contribution in [-0.4, -0.2) is 12.0 Å². The number of carbonyl (C=O) groups is 1. The maximum Gasteiger partial charge on any atom is 0.265 e. The molecule has 4 heteroatoms. The van der Waals surface area contributed by atoms with Gasteiger partial charge in [-0.15, -0.1) is 0 Å². The third-order valence-corrected chi connectivity index (χ3v) is 4.51. The zero-order valence-electron chi connectivity index (χ0n) is 14.2. The van der Waals surface area contributed by atoms with Crippen molar-refractivity contribution in [2.24, 2.45) is 5.92 Å². The normalized spacial score (nSPS) is 12.2. The fourth-order valence-corrected chi connectivity index (χ4v) is 2.94. The van der Waals surface area contributed by atoms with E-state index in [4.69, 9.17) is 4.74 Å². The number of halogens is 1. The second-order valence-electron chi connectivity index (χ2n) is 6.26. The van der Waals surface area contributed by atoms with Crippen molar-refractivity contribution >= 4 is 38.3 Å². The number of nitrogens with one attached hydrogen (secondary N) is 1. The summed E-state index contributed by atoms with van der Waals surface area (Å²) in [6.07, 6.45) is -0.575. The maximum absolute atomic E-state index is 12.7. The van der Waals surface area contributed by atoms with Gasteiger partial charge in [0.1, 0.15) is 5.75 Å². The lowest BCUT2D eigenvalue weighted by molar-refractivity contribution is -0.124. The van der Waals surface area contributed by atoms with E-state index in [1.54, 1.807) is 0 Å². The SMILES string of the molecule is CC(C)C(Oc1cccc2ccccc12)C(=O)Nc1ccc(Br)cc1. The van der Waals surface area contributed by atoms with E-state index >= 15 is 0 Å². The van der Waals surface area contributed by atoms with Crippen LogP contribution in [0.25, 0.3) is 10.8 Å². The summed E-state index contributed by atoms with van der Waals surface area (Å²) in [4.78, 5) is 12.7. The Bertz CT molecular complexity index is 869. The fraction of sp³-hybridized carbons (Fsp3) is 0.190. The topological polar surface area (TPSA) is 38.3 Å². The van der Waals surface area contributed by atoms with Gasteiger partial charge in [0.2, 0.25) is 0 Å². The van der Waals surface area contributed by atoms with Crippen molar-refractivity contribution in [3.63, 3.8) is 0 Å². The highest BCUT2D eigenvalue weighted by atomic mass is 79.9. The molecule has 0 saturated carbocycles. The first-order valence-electron chi connectivity index (χ1n) is 8.25. The minimum atomic E-state index is -0.575. The van der Waals surface area contributed by atoms with Crippen LogP contribution < -0.4 is 10.1 Å². The lowest BCUT2D eigenvalue weighted by Gasteiger charge is -2.22. The number of hydrogen-bond donors (Lipinski definition) is 1. The molecule has 128 valence electrons. The van der Waals surface area contributed by atoms with E-state index in [2.05, 4.69) is 21.2 Å². The molecule has 0 spiro atoms. The second-order valence-corrected chi connectivity index (χ2v) is 7.17. The molecule has 0 aliphatic heterocycles. The number of amides is 1. The third-order valence-electron chi connectivity index (χ3n) is 3.98. The molecule has 1 N–H and O–H groups in total. The molecule has 3 aromatic rings. The van der Waals surface area contributed by atoms with E-state index in [1.807, 2.05) is 80.6 Å². The number of fused-ring (bicyclic) bond motifs is 1. The molecule has 1 amide bonds. The van der Waals surface area contributed by atoms with Crippen molar-refractivity contribution in [2.75, 3.05) is 5.32 Å². The molecular weight excluding hydrogens is 378 g/mol. The Kier molecular flexibility index (Phi) is 5.39. The van der Waals surface area contributed by atoms with Crippen LogP contribution in [0.15, 0.2) is 71.2 Å². The molecule has 1 unspecified atom stereocenters. The zero-order valence-corrected chi connectivity index (χ0v) is 15.8. The molecule has 0 heterocycles. The molecule has 0 fully saturated rings. The largest absolute Gasteiger partial charge is 0.480 e. The van der Waals surface area contributed by atoms with Gasteiger partial charge in [0.25, 0.3) is 5.91 Å². The van der Waals surface area contributed by atoms with Crippen molar-refractivity contribution in [1.29, 1.82) is 0 Å². The van der Waals surface area contributed by atoms with Crippen molar-refractivity contribution < 1.29 is 9.53 Å². The van der Waals surface area contributed by atoms with Crippen LogP contribution in [0.3, 0.4) is 0 Å². The second kappa shape index (κ2) is 7.70. The Morgan fingerprint density at radius 1 is 0.960 bits per heavy atom. The Labute approximate surface area is 156 Å². The summed E-state index contributed by atoms with van der Waals surface area (Å²) < 4.78 is 7.10. The molecule has 0 saturated heterocycles. The minimum absolute atomic E-state index is 0.0365. The summed E-state index contributed by atoms with van der Waals surface area (Å²) in [5, 5.41) is 5.03. The predicted octanol–water partition coefficient (Wildman–Crippen LogP) is 5.64. The molecule has 3 rings (SSSR count). The van der Waals surface area contributed by atoms with Crippen LogP contribution in [0.2, 0.25) is 0 Å². The highest BCUT2D eigenvalue weighted by Crippen LogP contribution is 2.27. The Morgan fingerprint density at radius 3 is 2.36 bits per heavy atom. The number of rotatable bonds is 5. The molecule has 0 aliphatic rings. The molecule has 0 bridgehead atoms. The molecule has 0 aliphatic carbocycles. The monoisotopic (exact) mass is 397 g/mol. The van der Waals surface area contributed by atoms with Crippen molar-refractivity contribution in [3.8, 4) is 5.75 Å². The van der Waals surface area contributed by atoms with Crippen LogP contribution in [0.4, 0.5) is 5.69 Å². The summed E-state index contributed by atoms with van der Waals surface area (Å²) in [6.45, 7) is 3.97. The van der Waals surface area contributed by atoms with Crippen molar-refractivity contribution in [2.45, 2.75) is 20.0 Å². The Balaban J connectivity index is 1.83. The molecular formula is C21H20BrNO2. The Hall–Kier alpha value is -2.33. The smallest absolute Gasteiger partial charge is 0.265 e. The van der Waals surface area contributed by atoms with E-state index in [0.717, 1.165) is 26.7 Å². The molecule has 25 heavy (non-hydrogen) atoms. The van der Waals surface area contributed by atoms with Gasteiger partial charge in [-0.2, -0.15) is 0 Å². The van der Waals surface area contributed by atoms with Gasteiger partial charge in [-0.3, -0.25) is 4.79 Å². The minimum Gasteiger partial charge on any atom is -0.480 e. The third kappa shape index (κ3) is 4.20. The highest BCUT2D eigenvalue weighted by Gasteiger charge is 2.25. The molecule has 1 atom stereocenters.